The first-order valence-electron chi connectivity index (χ1n) is 5.75. The molecule has 1 aromatic carbocycles. The standard InChI is InChI=1S/C13H17N3O/c1-3-11-12(14)13(17)16(15-11)8-10-7-5-4-6-9(10)2/h4-7,15H,3,8,14H2,1-2H3. The fourth-order valence-electron chi connectivity index (χ4n) is 1.89. The summed E-state index contributed by atoms with van der Waals surface area (Å²) in [6.45, 7) is 4.54. The first kappa shape index (κ1) is 11.5. The fourth-order valence-corrected chi connectivity index (χ4v) is 1.89. The predicted molar refractivity (Wildman–Crippen MR) is 69.1 cm³/mol. The van der Waals surface area contributed by atoms with Crippen LogP contribution in [0.15, 0.2) is 29.1 Å². The summed E-state index contributed by atoms with van der Waals surface area (Å²) in [5.74, 6) is 0. The van der Waals surface area contributed by atoms with Crippen molar-refractivity contribution in [2.24, 2.45) is 0 Å². The van der Waals surface area contributed by atoms with Crippen molar-refractivity contribution in [1.82, 2.24) is 9.78 Å². The number of nitrogens with two attached hydrogens (primary N) is 1. The van der Waals surface area contributed by atoms with Crippen molar-refractivity contribution >= 4 is 5.69 Å². The number of hydrogen-bond donors (Lipinski definition) is 2. The molecule has 1 aromatic heterocycles. The lowest BCUT2D eigenvalue weighted by Crippen LogP contribution is -2.19. The van der Waals surface area contributed by atoms with Crippen LogP contribution in [0.25, 0.3) is 0 Å². The molecule has 4 heteroatoms. The summed E-state index contributed by atoms with van der Waals surface area (Å²) >= 11 is 0. The lowest BCUT2D eigenvalue weighted by molar-refractivity contribution is 0.650. The van der Waals surface area contributed by atoms with E-state index < -0.39 is 0 Å². The van der Waals surface area contributed by atoms with Crippen LogP contribution in [-0.2, 0) is 13.0 Å². The maximum absolute atomic E-state index is 11.9. The minimum absolute atomic E-state index is 0.134. The molecule has 0 spiro atoms. The van der Waals surface area contributed by atoms with Crippen molar-refractivity contribution in [3.63, 3.8) is 0 Å². The number of aryl methyl sites for hydroxylation is 2. The molecular weight excluding hydrogens is 214 g/mol. The van der Waals surface area contributed by atoms with E-state index in [0.717, 1.165) is 17.7 Å². The van der Waals surface area contributed by atoms with Crippen LogP contribution >= 0.6 is 0 Å². The average Bonchev–Trinajstić information content (AvgIpc) is 2.60. The summed E-state index contributed by atoms with van der Waals surface area (Å²) in [4.78, 5) is 11.9. The largest absolute Gasteiger partial charge is 0.393 e. The molecule has 0 fully saturated rings. The number of aromatic nitrogens is 2. The molecule has 2 rings (SSSR count). The second kappa shape index (κ2) is 4.49. The van der Waals surface area contributed by atoms with Gasteiger partial charge in [0.1, 0.15) is 5.69 Å². The molecule has 3 N–H and O–H groups in total. The number of nitrogen functional groups attached to an aromatic ring is 1. The Morgan fingerprint density at radius 1 is 1.35 bits per heavy atom. The van der Waals surface area contributed by atoms with E-state index >= 15 is 0 Å². The van der Waals surface area contributed by atoms with Crippen LogP contribution in [0.5, 0.6) is 0 Å². The Hall–Kier alpha value is -1.97. The molecule has 0 amide bonds. The molecule has 4 nitrogen and oxygen atoms in total. The van der Waals surface area contributed by atoms with Crippen molar-refractivity contribution in [3.05, 3.63) is 51.4 Å². The highest BCUT2D eigenvalue weighted by molar-refractivity contribution is 5.41. The molecule has 0 aliphatic heterocycles. The van der Waals surface area contributed by atoms with Gasteiger partial charge in [-0.3, -0.25) is 9.89 Å². The van der Waals surface area contributed by atoms with Gasteiger partial charge in [0.25, 0.3) is 5.56 Å². The minimum atomic E-state index is -0.134. The zero-order valence-corrected chi connectivity index (χ0v) is 10.2. The van der Waals surface area contributed by atoms with Crippen molar-refractivity contribution in [2.75, 3.05) is 5.73 Å². The Balaban J connectivity index is 2.37. The van der Waals surface area contributed by atoms with Gasteiger partial charge in [-0.15, -0.1) is 0 Å². The van der Waals surface area contributed by atoms with Crippen molar-refractivity contribution in [1.29, 1.82) is 0 Å². The number of benzene rings is 1. The molecule has 1 heterocycles. The van der Waals surface area contributed by atoms with Gasteiger partial charge in [-0.1, -0.05) is 31.2 Å². The van der Waals surface area contributed by atoms with Gasteiger partial charge in [0.05, 0.1) is 12.2 Å². The first-order chi connectivity index (χ1) is 8.13. The molecular formula is C13H17N3O. The second-order valence-electron chi connectivity index (χ2n) is 4.18. The molecule has 0 atom stereocenters. The summed E-state index contributed by atoms with van der Waals surface area (Å²) in [6.07, 6.45) is 0.738. The molecule has 0 saturated heterocycles. The number of anilines is 1. The molecule has 90 valence electrons. The SMILES string of the molecule is CCc1[nH]n(Cc2ccccc2C)c(=O)c1N. The number of nitrogens with zero attached hydrogens (tertiary/aromatic N) is 1. The maximum atomic E-state index is 11.9. The Morgan fingerprint density at radius 2 is 2.06 bits per heavy atom. The molecule has 2 aromatic rings. The average molecular weight is 231 g/mol. The topological polar surface area (TPSA) is 63.8 Å². The minimum Gasteiger partial charge on any atom is -0.393 e. The number of aromatic amines is 1. The van der Waals surface area contributed by atoms with Gasteiger partial charge in [-0.25, -0.2) is 4.68 Å². The van der Waals surface area contributed by atoms with Crippen LogP contribution in [0.4, 0.5) is 5.69 Å². The Labute approximate surface area is 100 Å². The highest BCUT2D eigenvalue weighted by Gasteiger charge is 2.09. The van der Waals surface area contributed by atoms with E-state index in [4.69, 9.17) is 5.73 Å². The van der Waals surface area contributed by atoms with Crippen LogP contribution in [-0.4, -0.2) is 9.78 Å². The quantitative estimate of drug-likeness (QED) is 0.844. The molecule has 0 unspecified atom stereocenters. The number of hydrogen-bond acceptors (Lipinski definition) is 2. The third-order valence-electron chi connectivity index (χ3n) is 3.01. The highest BCUT2D eigenvalue weighted by atomic mass is 16.1. The van der Waals surface area contributed by atoms with Gasteiger partial charge in [0, 0.05) is 0 Å². The summed E-state index contributed by atoms with van der Waals surface area (Å²) in [5.41, 5.74) is 9.05. The van der Waals surface area contributed by atoms with Gasteiger partial charge >= 0.3 is 0 Å². The van der Waals surface area contributed by atoms with Gasteiger partial charge < -0.3 is 5.73 Å². The summed E-state index contributed by atoms with van der Waals surface area (Å²) in [5, 5.41) is 3.05. The normalized spacial score (nSPS) is 10.7. The molecule has 0 aliphatic carbocycles. The van der Waals surface area contributed by atoms with E-state index in [1.165, 1.54) is 5.56 Å². The van der Waals surface area contributed by atoms with Crippen molar-refractivity contribution in [2.45, 2.75) is 26.8 Å². The molecule has 0 aliphatic rings. The van der Waals surface area contributed by atoms with Gasteiger partial charge in [0.2, 0.25) is 0 Å². The van der Waals surface area contributed by atoms with Gasteiger partial charge in [0.15, 0.2) is 0 Å². The van der Waals surface area contributed by atoms with E-state index in [0.29, 0.717) is 12.2 Å². The van der Waals surface area contributed by atoms with Crippen molar-refractivity contribution in [3.8, 4) is 0 Å². The number of rotatable bonds is 3. The lowest BCUT2D eigenvalue weighted by atomic mass is 10.1. The van der Waals surface area contributed by atoms with Crippen LogP contribution in [0.2, 0.25) is 0 Å². The van der Waals surface area contributed by atoms with Crippen LogP contribution < -0.4 is 11.3 Å². The van der Waals surface area contributed by atoms with E-state index in [-0.39, 0.29) is 5.56 Å². The van der Waals surface area contributed by atoms with E-state index in [1.54, 1.807) is 4.68 Å². The maximum Gasteiger partial charge on any atom is 0.290 e. The highest BCUT2D eigenvalue weighted by Crippen LogP contribution is 2.09. The Morgan fingerprint density at radius 3 is 2.65 bits per heavy atom. The molecule has 0 bridgehead atoms. The molecule has 0 saturated carbocycles. The van der Waals surface area contributed by atoms with Crippen LogP contribution in [0.1, 0.15) is 23.7 Å². The smallest absolute Gasteiger partial charge is 0.290 e. The van der Waals surface area contributed by atoms with Crippen LogP contribution in [0.3, 0.4) is 0 Å². The third-order valence-corrected chi connectivity index (χ3v) is 3.01. The summed E-state index contributed by atoms with van der Waals surface area (Å²) < 4.78 is 1.57. The number of H-pyrrole nitrogens is 1. The fraction of sp³-hybridized carbons (Fsp3) is 0.308. The Bertz CT molecular complexity index is 581. The first-order valence-corrected chi connectivity index (χ1v) is 5.75. The third kappa shape index (κ3) is 2.11. The zero-order valence-electron chi connectivity index (χ0n) is 10.2. The van der Waals surface area contributed by atoms with Gasteiger partial charge in [-0.05, 0) is 24.5 Å². The lowest BCUT2D eigenvalue weighted by Gasteiger charge is -2.05. The number of nitrogens with one attached hydrogen (secondary N) is 1. The summed E-state index contributed by atoms with van der Waals surface area (Å²) in [6, 6.07) is 8.01. The van der Waals surface area contributed by atoms with E-state index in [2.05, 4.69) is 5.10 Å². The predicted octanol–water partition coefficient (Wildman–Crippen LogP) is 1.68. The second-order valence-corrected chi connectivity index (χ2v) is 4.18. The Kier molecular flexibility index (Phi) is 3.04. The van der Waals surface area contributed by atoms with E-state index in [9.17, 15) is 4.79 Å². The van der Waals surface area contributed by atoms with Crippen LogP contribution in [0, 0.1) is 6.92 Å². The van der Waals surface area contributed by atoms with Gasteiger partial charge in [-0.2, -0.15) is 0 Å². The van der Waals surface area contributed by atoms with Crippen molar-refractivity contribution < 1.29 is 0 Å². The van der Waals surface area contributed by atoms with E-state index in [1.807, 2.05) is 38.1 Å². The monoisotopic (exact) mass is 231 g/mol. The molecule has 17 heavy (non-hydrogen) atoms. The molecule has 0 radical (unpaired) electrons. The summed E-state index contributed by atoms with van der Waals surface area (Å²) in [7, 11) is 0. The zero-order chi connectivity index (χ0) is 12.4.